The molecule has 2 rings (SSSR count). The molecule has 17 heavy (non-hydrogen) atoms. The molecular formula is C10H8FN3OS2. The predicted octanol–water partition coefficient (Wildman–Crippen LogP) is 2.65. The van der Waals surface area contributed by atoms with Crippen molar-refractivity contribution in [2.45, 2.75) is 5.16 Å². The molecule has 7 heteroatoms. The lowest BCUT2D eigenvalue weighted by Gasteiger charge is -2.00. The van der Waals surface area contributed by atoms with E-state index in [4.69, 9.17) is 0 Å². The van der Waals surface area contributed by atoms with Crippen molar-refractivity contribution in [3.63, 3.8) is 0 Å². The second kappa shape index (κ2) is 5.24. The minimum atomic E-state index is -0.373. The molecule has 0 aliphatic carbocycles. The number of aromatic nitrogens is 2. The van der Waals surface area contributed by atoms with Gasteiger partial charge in [-0.25, -0.2) is 4.39 Å². The standard InChI is InChI=1S/C10H8FN3OS2/c1-16-10-13-9(17-14-10)12-8(15)6-2-4-7(11)5-3-6/h2-5H,1H3,(H,12,13,14,15). The first kappa shape index (κ1) is 12.0. The number of nitrogens with zero attached hydrogens (tertiary/aromatic N) is 2. The number of hydrogen-bond donors (Lipinski definition) is 1. The van der Waals surface area contributed by atoms with Gasteiger partial charge in [0, 0.05) is 17.1 Å². The lowest BCUT2D eigenvalue weighted by atomic mass is 10.2. The van der Waals surface area contributed by atoms with Crippen LogP contribution < -0.4 is 5.32 Å². The average Bonchev–Trinajstić information content (AvgIpc) is 2.77. The molecule has 0 unspecified atom stereocenters. The maximum atomic E-state index is 12.7. The van der Waals surface area contributed by atoms with Crippen molar-refractivity contribution in [1.29, 1.82) is 0 Å². The molecule has 1 heterocycles. The summed E-state index contributed by atoms with van der Waals surface area (Å²) in [4.78, 5) is 15.8. The van der Waals surface area contributed by atoms with Crippen molar-refractivity contribution in [3.8, 4) is 0 Å². The Balaban J connectivity index is 2.08. The monoisotopic (exact) mass is 269 g/mol. The van der Waals surface area contributed by atoms with Crippen LogP contribution in [-0.4, -0.2) is 21.5 Å². The Morgan fingerprint density at radius 3 is 2.71 bits per heavy atom. The fraction of sp³-hybridized carbons (Fsp3) is 0.100. The number of carbonyl (C=O) groups excluding carboxylic acids is 1. The Hall–Kier alpha value is -1.47. The van der Waals surface area contributed by atoms with E-state index in [0.717, 1.165) is 11.5 Å². The van der Waals surface area contributed by atoms with Crippen LogP contribution in [0.1, 0.15) is 10.4 Å². The van der Waals surface area contributed by atoms with Crippen LogP contribution in [0.5, 0.6) is 0 Å². The molecule has 4 nitrogen and oxygen atoms in total. The van der Waals surface area contributed by atoms with E-state index in [-0.39, 0.29) is 11.7 Å². The summed E-state index contributed by atoms with van der Waals surface area (Å²) in [7, 11) is 0. The predicted molar refractivity (Wildman–Crippen MR) is 66.0 cm³/mol. The molecule has 1 amide bonds. The van der Waals surface area contributed by atoms with Crippen molar-refractivity contribution < 1.29 is 9.18 Å². The molecule has 0 saturated carbocycles. The van der Waals surface area contributed by atoms with Crippen LogP contribution in [0.4, 0.5) is 9.52 Å². The summed E-state index contributed by atoms with van der Waals surface area (Å²) in [5, 5.41) is 3.65. The molecular weight excluding hydrogens is 261 g/mol. The number of nitrogens with one attached hydrogen (secondary N) is 1. The Morgan fingerprint density at radius 1 is 1.41 bits per heavy atom. The smallest absolute Gasteiger partial charge is 0.257 e. The summed E-state index contributed by atoms with van der Waals surface area (Å²) in [5.41, 5.74) is 0.382. The van der Waals surface area contributed by atoms with Gasteiger partial charge in [-0.15, -0.1) is 0 Å². The van der Waals surface area contributed by atoms with Crippen molar-refractivity contribution in [3.05, 3.63) is 35.6 Å². The zero-order valence-corrected chi connectivity index (χ0v) is 10.4. The summed E-state index contributed by atoms with van der Waals surface area (Å²) >= 11 is 2.51. The van der Waals surface area contributed by atoms with E-state index in [1.165, 1.54) is 36.0 Å². The zero-order valence-electron chi connectivity index (χ0n) is 8.81. The normalized spacial score (nSPS) is 10.2. The number of halogens is 1. The summed E-state index contributed by atoms with van der Waals surface area (Å²) in [5.74, 6) is -0.698. The molecule has 2 aromatic rings. The van der Waals surface area contributed by atoms with Gasteiger partial charge in [-0.3, -0.25) is 10.1 Å². The largest absolute Gasteiger partial charge is 0.297 e. The van der Waals surface area contributed by atoms with Gasteiger partial charge < -0.3 is 0 Å². The number of anilines is 1. The van der Waals surface area contributed by atoms with Gasteiger partial charge in [-0.05, 0) is 30.5 Å². The highest BCUT2D eigenvalue weighted by molar-refractivity contribution is 7.98. The number of carbonyl (C=O) groups is 1. The lowest BCUT2D eigenvalue weighted by Crippen LogP contribution is -2.11. The summed E-state index contributed by atoms with van der Waals surface area (Å²) < 4.78 is 16.7. The lowest BCUT2D eigenvalue weighted by molar-refractivity contribution is 0.102. The maximum Gasteiger partial charge on any atom is 0.257 e. The van der Waals surface area contributed by atoms with Gasteiger partial charge in [-0.1, -0.05) is 11.8 Å². The third-order valence-electron chi connectivity index (χ3n) is 1.92. The quantitative estimate of drug-likeness (QED) is 0.870. The fourth-order valence-electron chi connectivity index (χ4n) is 1.11. The van der Waals surface area contributed by atoms with Gasteiger partial charge >= 0.3 is 0 Å². The molecule has 1 aromatic heterocycles. The molecule has 88 valence electrons. The second-order valence-corrected chi connectivity index (χ2v) is 4.57. The number of hydrogen-bond acceptors (Lipinski definition) is 5. The Morgan fingerprint density at radius 2 is 2.12 bits per heavy atom. The van der Waals surface area contributed by atoms with Crippen LogP contribution in [0, 0.1) is 5.82 Å². The van der Waals surface area contributed by atoms with Gasteiger partial charge in [-0.2, -0.15) is 9.36 Å². The number of rotatable bonds is 3. The van der Waals surface area contributed by atoms with Gasteiger partial charge in [0.05, 0.1) is 0 Å². The molecule has 0 fully saturated rings. The highest BCUT2D eigenvalue weighted by Crippen LogP contribution is 2.18. The fourth-order valence-corrected chi connectivity index (χ4v) is 2.24. The molecule has 0 radical (unpaired) electrons. The topological polar surface area (TPSA) is 54.9 Å². The number of amides is 1. The molecule has 0 saturated heterocycles. The van der Waals surface area contributed by atoms with Crippen LogP contribution in [0.15, 0.2) is 29.4 Å². The van der Waals surface area contributed by atoms with E-state index in [2.05, 4.69) is 14.7 Å². The van der Waals surface area contributed by atoms with Crippen LogP contribution in [0.3, 0.4) is 0 Å². The minimum Gasteiger partial charge on any atom is -0.297 e. The molecule has 1 N–H and O–H groups in total. The van der Waals surface area contributed by atoms with E-state index < -0.39 is 0 Å². The molecule has 1 aromatic carbocycles. The van der Waals surface area contributed by atoms with Crippen LogP contribution in [-0.2, 0) is 0 Å². The zero-order chi connectivity index (χ0) is 12.3. The number of thioether (sulfide) groups is 1. The first-order chi connectivity index (χ1) is 8.19. The average molecular weight is 269 g/mol. The summed E-state index contributed by atoms with van der Waals surface area (Å²) in [6.45, 7) is 0. The molecule has 0 atom stereocenters. The van der Waals surface area contributed by atoms with E-state index in [0.29, 0.717) is 15.9 Å². The SMILES string of the molecule is CSc1nsc(NC(=O)c2ccc(F)cc2)n1. The van der Waals surface area contributed by atoms with E-state index in [9.17, 15) is 9.18 Å². The molecule has 0 spiro atoms. The van der Waals surface area contributed by atoms with Gasteiger partial charge in [0.25, 0.3) is 5.91 Å². The molecule has 0 aliphatic rings. The van der Waals surface area contributed by atoms with E-state index in [1.54, 1.807) is 0 Å². The number of benzene rings is 1. The van der Waals surface area contributed by atoms with Crippen LogP contribution in [0.2, 0.25) is 0 Å². The first-order valence-corrected chi connectivity index (χ1v) is 6.63. The van der Waals surface area contributed by atoms with Gasteiger partial charge in [0.1, 0.15) is 5.82 Å². The third-order valence-corrected chi connectivity index (χ3v) is 3.21. The summed E-state index contributed by atoms with van der Waals surface area (Å²) in [6, 6.07) is 5.31. The van der Waals surface area contributed by atoms with Crippen molar-refractivity contribution in [1.82, 2.24) is 9.36 Å². The van der Waals surface area contributed by atoms with E-state index in [1.807, 2.05) is 6.26 Å². The Labute approximate surface area is 105 Å². The third kappa shape index (κ3) is 3.01. The summed E-state index contributed by atoms with van der Waals surface area (Å²) in [6.07, 6.45) is 1.85. The van der Waals surface area contributed by atoms with Gasteiger partial charge in [0.2, 0.25) is 10.3 Å². The highest BCUT2D eigenvalue weighted by Gasteiger charge is 2.09. The van der Waals surface area contributed by atoms with Crippen LogP contribution in [0.25, 0.3) is 0 Å². The van der Waals surface area contributed by atoms with Crippen molar-refractivity contribution in [2.24, 2.45) is 0 Å². The second-order valence-electron chi connectivity index (χ2n) is 3.05. The van der Waals surface area contributed by atoms with E-state index >= 15 is 0 Å². The van der Waals surface area contributed by atoms with Crippen molar-refractivity contribution >= 4 is 34.3 Å². The van der Waals surface area contributed by atoms with Crippen LogP contribution >= 0.6 is 23.3 Å². The maximum absolute atomic E-state index is 12.7. The Kier molecular flexibility index (Phi) is 3.70. The van der Waals surface area contributed by atoms with Crippen molar-refractivity contribution in [2.75, 3.05) is 11.6 Å². The van der Waals surface area contributed by atoms with Gasteiger partial charge in [0.15, 0.2) is 0 Å². The molecule has 0 bridgehead atoms. The Bertz CT molecular complexity index is 527. The molecule has 0 aliphatic heterocycles. The first-order valence-electron chi connectivity index (χ1n) is 4.63. The highest BCUT2D eigenvalue weighted by atomic mass is 32.2. The minimum absolute atomic E-state index is 0.325.